The van der Waals surface area contributed by atoms with Crippen LogP contribution >= 0.6 is 0 Å². The molecule has 0 saturated carbocycles. The van der Waals surface area contributed by atoms with E-state index in [1.54, 1.807) is 13.1 Å². The first-order valence-electron chi connectivity index (χ1n) is 7.27. The zero-order valence-corrected chi connectivity index (χ0v) is 14.0. The Morgan fingerprint density at radius 3 is 2.74 bits per heavy atom. The Bertz CT molecular complexity index is 799. The van der Waals surface area contributed by atoms with Crippen molar-refractivity contribution in [2.45, 2.75) is 6.42 Å². The minimum absolute atomic E-state index is 0.0573. The zero-order valence-electron chi connectivity index (χ0n) is 13.2. The van der Waals surface area contributed by atoms with E-state index in [4.69, 9.17) is 0 Å². The second kappa shape index (κ2) is 7.45. The second-order valence-corrected chi connectivity index (χ2v) is 7.57. The standard InChI is InChI=1S/C15H21FN4O2S/c1-17-15(19-7-8-23(2,21)22)18-6-5-11-10-20-14-9-12(16)3-4-13(11)14/h3-4,9-10,20H,5-8H2,1-2H3,(H2,17,18,19). The molecular weight excluding hydrogens is 319 g/mol. The van der Waals surface area contributed by atoms with Crippen LogP contribution in [0.2, 0.25) is 0 Å². The van der Waals surface area contributed by atoms with Crippen LogP contribution in [0, 0.1) is 5.82 Å². The second-order valence-electron chi connectivity index (χ2n) is 5.31. The summed E-state index contributed by atoms with van der Waals surface area (Å²) in [7, 11) is -1.36. The molecule has 0 aliphatic heterocycles. The van der Waals surface area contributed by atoms with Crippen molar-refractivity contribution in [3.63, 3.8) is 0 Å². The van der Waals surface area contributed by atoms with Crippen LogP contribution in [0.5, 0.6) is 0 Å². The number of aliphatic imine (C=N–C) groups is 1. The predicted octanol–water partition coefficient (Wildman–Crippen LogP) is 1.06. The molecule has 0 unspecified atom stereocenters. The van der Waals surface area contributed by atoms with Crippen molar-refractivity contribution in [2.75, 3.05) is 32.1 Å². The third-order valence-corrected chi connectivity index (χ3v) is 4.35. The SMILES string of the molecule is CN=C(NCCc1c[nH]c2cc(F)ccc12)NCCS(C)(=O)=O. The van der Waals surface area contributed by atoms with Gasteiger partial charge in [-0.1, -0.05) is 0 Å². The summed E-state index contributed by atoms with van der Waals surface area (Å²) >= 11 is 0. The first-order chi connectivity index (χ1) is 10.9. The lowest BCUT2D eigenvalue weighted by molar-refractivity contribution is 0.600. The Morgan fingerprint density at radius 1 is 1.30 bits per heavy atom. The maximum atomic E-state index is 13.2. The van der Waals surface area contributed by atoms with Crippen molar-refractivity contribution in [1.29, 1.82) is 0 Å². The van der Waals surface area contributed by atoms with E-state index in [0.717, 1.165) is 22.9 Å². The minimum atomic E-state index is -2.99. The average Bonchev–Trinajstić information content (AvgIpc) is 2.86. The number of rotatable bonds is 6. The number of halogens is 1. The molecule has 0 saturated heterocycles. The van der Waals surface area contributed by atoms with Gasteiger partial charge in [0, 0.05) is 43.5 Å². The normalized spacial score (nSPS) is 12.6. The number of sulfone groups is 1. The molecule has 0 atom stereocenters. The molecule has 23 heavy (non-hydrogen) atoms. The summed E-state index contributed by atoms with van der Waals surface area (Å²) in [4.78, 5) is 7.09. The molecule has 6 nitrogen and oxygen atoms in total. The van der Waals surface area contributed by atoms with Gasteiger partial charge >= 0.3 is 0 Å². The molecular formula is C15H21FN4O2S. The van der Waals surface area contributed by atoms with Gasteiger partial charge in [-0.25, -0.2) is 12.8 Å². The highest BCUT2D eigenvalue weighted by Crippen LogP contribution is 2.19. The Balaban J connectivity index is 1.85. The molecule has 2 aromatic rings. The number of aromatic nitrogens is 1. The van der Waals surface area contributed by atoms with Crippen molar-refractivity contribution in [1.82, 2.24) is 15.6 Å². The van der Waals surface area contributed by atoms with Crippen LogP contribution in [0.4, 0.5) is 4.39 Å². The molecule has 0 fully saturated rings. The van der Waals surface area contributed by atoms with Gasteiger partial charge in [-0.05, 0) is 30.2 Å². The van der Waals surface area contributed by atoms with Crippen molar-refractivity contribution >= 4 is 26.7 Å². The van der Waals surface area contributed by atoms with Crippen LogP contribution < -0.4 is 10.6 Å². The van der Waals surface area contributed by atoms with Gasteiger partial charge in [-0.15, -0.1) is 0 Å². The van der Waals surface area contributed by atoms with E-state index in [1.807, 2.05) is 6.20 Å². The molecule has 0 aliphatic rings. The van der Waals surface area contributed by atoms with E-state index in [1.165, 1.54) is 18.4 Å². The number of aromatic amines is 1. The summed E-state index contributed by atoms with van der Waals surface area (Å²) in [5.74, 6) is 0.348. The fourth-order valence-electron chi connectivity index (χ4n) is 2.26. The first-order valence-corrected chi connectivity index (χ1v) is 9.33. The predicted molar refractivity (Wildman–Crippen MR) is 91.0 cm³/mol. The van der Waals surface area contributed by atoms with Crippen LogP contribution in [0.3, 0.4) is 0 Å². The molecule has 0 bridgehead atoms. The van der Waals surface area contributed by atoms with E-state index < -0.39 is 9.84 Å². The Hall–Kier alpha value is -2.09. The Morgan fingerprint density at radius 2 is 2.04 bits per heavy atom. The highest BCUT2D eigenvalue weighted by molar-refractivity contribution is 7.90. The van der Waals surface area contributed by atoms with E-state index >= 15 is 0 Å². The molecule has 3 N–H and O–H groups in total. The fraction of sp³-hybridized carbons (Fsp3) is 0.400. The molecule has 8 heteroatoms. The molecule has 1 aromatic heterocycles. The third-order valence-electron chi connectivity index (χ3n) is 3.41. The molecule has 126 valence electrons. The maximum Gasteiger partial charge on any atom is 0.191 e. The molecule has 0 amide bonds. The number of fused-ring (bicyclic) bond motifs is 1. The lowest BCUT2D eigenvalue weighted by atomic mass is 10.1. The van der Waals surface area contributed by atoms with Gasteiger partial charge in [0.2, 0.25) is 0 Å². The summed E-state index contributed by atoms with van der Waals surface area (Å²) in [6.07, 6.45) is 3.80. The number of benzene rings is 1. The van der Waals surface area contributed by atoms with Crippen LogP contribution in [-0.2, 0) is 16.3 Å². The zero-order chi connectivity index (χ0) is 16.9. The van der Waals surface area contributed by atoms with Crippen LogP contribution in [0.25, 0.3) is 10.9 Å². The summed E-state index contributed by atoms with van der Waals surface area (Å²) in [5, 5.41) is 7.07. The molecule has 1 heterocycles. The number of nitrogens with zero attached hydrogens (tertiary/aromatic N) is 1. The Kier molecular flexibility index (Phi) is 5.59. The number of guanidine groups is 1. The van der Waals surface area contributed by atoms with E-state index in [-0.39, 0.29) is 11.6 Å². The fourth-order valence-corrected chi connectivity index (χ4v) is 2.73. The smallest absolute Gasteiger partial charge is 0.191 e. The van der Waals surface area contributed by atoms with Crippen LogP contribution in [0.15, 0.2) is 29.4 Å². The van der Waals surface area contributed by atoms with Crippen molar-refractivity contribution in [3.8, 4) is 0 Å². The van der Waals surface area contributed by atoms with E-state index in [2.05, 4.69) is 20.6 Å². The van der Waals surface area contributed by atoms with Crippen LogP contribution in [-0.4, -0.2) is 51.5 Å². The van der Waals surface area contributed by atoms with Gasteiger partial charge in [-0.2, -0.15) is 0 Å². The van der Waals surface area contributed by atoms with E-state index in [0.29, 0.717) is 19.0 Å². The van der Waals surface area contributed by atoms with Crippen molar-refractivity contribution in [2.24, 2.45) is 4.99 Å². The van der Waals surface area contributed by atoms with Gasteiger partial charge in [0.15, 0.2) is 5.96 Å². The number of H-pyrrole nitrogens is 1. The molecule has 0 aliphatic carbocycles. The molecule has 0 radical (unpaired) electrons. The van der Waals surface area contributed by atoms with Gasteiger partial charge < -0.3 is 15.6 Å². The number of nitrogens with one attached hydrogen (secondary N) is 3. The summed E-state index contributed by atoms with van der Waals surface area (Å²) in [5.41, 5.74) is 1.86. The van der Waals surface area contributed by atoms with Gasteiger partial charge in [0.25, 0.3) is 0 Å². The average molecular weight is 340 g/mol. The van der Waals surface area contributed by atoms with Crippen LogP contribution in [0.1, 0.15) is 5.56 Å². The third kappa shape index (κ3) is 5.24. The lowest BCUT2D eigenvalue weighted by Crippen LogP contribution is -2.40. The number of hydrogen-bond acceptors (Lipinski definition) is 3. The largest absolute Gasteiger partial charge is 0.361 e. The topological polar surface area (TPSA) is 86.3 Å². The summed E-state index contributed by atoms with van der Waals surface area (Å²) < 4.78 is 35.3. The maximum absolute atomic E-state index is 13.2. The van der Waals surface area contributed by atoms with Gasteiger partial charge in [-0.3, -0.25) is 4.99 Å². The van der Waals surface area contributed by atoms with E-state index in [9.17, 15) is 12.8 Å². The molecule has 2 rings (SSSR count). The van der Waals surface area contributed by atoms with Gasteiger partial charge in [0.1, 0.15) is 15.7 Å². The first kappa shape index (κ1) is 17.3. The molecule has 0 spiro atoms. The monoisotopic (exact) mass is 340 g/mol. The Labute approximate surface area is 135 Å². The summed E-state index contributed by atoms with van der Waals surface area (Å²) in [6, 6.07) is 4.67. The van der Waals surface area contributed by atoms with Gasteiger partial charge in [0.05, 0.1) is 5.75 Å². The number of hydrogen-bond donors (Lipinski definition) is 3. The molecule has 1 aromatic carbocycles. The highest BCUT2D eigenvalue weighted by Gasteiger charge is 2.06. The lowest BCUT2D eigenvalue weighted by Gasteiger charge is -2.11. The highest BCUT2D eigenvalue weighted by atomic mass is 32.2. The summed E-state index contributed by atoms with van der Waals surface area (Å²) in [6.45, 7) is 0.938. The quantitative estimate of drug-likeness (QED) is 0.542. The van der Waals surface area contributed by atoms with Crippen molar-refractivity contribution in [3.05, 3.63) is 35.8 Å². The van der Waals surface area contributed by atoms with Crippen molar-refractivity contribution < 1.29 is 12.8 Å². The minimum Gasteiger partial charge on any atom is -0.361 e.